The van der Waals surface area contributed by atoms with Gasteiger partial charge in [-0.2, -0.15) is 11.8 Å². The molecule has 0 bridgehead atoms. The minimum atomic E-state index is -0.887. The molecule has 0 aliphatic carbocycles. The monoisotopic (exact) mass is 347 g/mol. The number of carboxylic acid groups (broad SMARTS) is 1. The lowest BCUT2D eigenvalue weighted by molar-refractivity contribution is -0.138. The number of carboxylic acids is 1. The van der Waals surface area contributed by atoms with Crippen molar-refractivity contribution in [1.82, 2.24) is 15.1 Å². The third-order valence-electron chi connectivity index (χ3n) is 3.80. The predicted molar refractivity (Wildman–Crippen MR) is 88.9 cm³/mol. The molecular weight excluding hydrogens is 330 g/mol. The fourth-order valence-corrected chi connectivity index (χ4v) is 3.69. The number of rotatable bonds is 4. The molecule has 2 heterocycles. The van der Waals surface area contributed by atoms with Crippen molar-refractivity contribution in [3.63, 3.8) is 0 Å². The van der Waals surface area contributed by atoms with E-state index in [1.165, 1.54) is 0 Å². The van der Waals surface area contributed by atoms with E-state index in [2.05, 4.69) is 10.2 Å². The molecule has 0 spiro atoms. The first-order valence-corrected chi connectivity index (χ1v) is 8.71. The van der Waals surface area contributed by atoms with Crippen LogP contribution in [0.3, 0.4) is 0 Å². The quantitative estimate of drug-likeness (QED) is 0.904. The van der Waals surface area contributed by atoms with Gasteiger partial charge in [-0.05, 0) is 24.3 Å². The molecule has 0 saturated carbocycles. The van der Waals surface area contributed by atoms with Crippen LogP contribution in [0.4, 0.5) is 0 Å². The van der Waals surface area contributed by atoms with Crippen LogP contribution >= 0.6 is 11.8 Å². The molecule has 24 heavy (non-hydrogen) atoms. The van der Waals surface area contributed by atoms with Gasteiger partial charge in [0.15, 0.2) is 0 Å². The second kappa shape index (κ2) is 7.04. The molecule has 1 saturated heterocycles. The third-order valence-corrected chi connectivity index (χ3v) is 4.90. The highest BCUT2D eigenvalue weighted by molar-refractivity contribution is 7.99. The molecule has 0 radical (unpaired) electrons. The smallest absolute Gasteiger partial charge is 0.305 e. The fraction of sp³-hybridized carbons (Fsp3) is 0.375. The Morgan fingerprint density at radius 2 is 2.08 bits per heavy atom. The first-order valence-electron chi connectivity index (χ1n) is 7.55. The highest BCUT2D eigenvalue weighted by Gasteiger charge is 2.29. The number of carbonyl (C=O) groups excluding carboxylic acids is 1. The van der Waals surface area contributed by atoms with Gasteiger partial charge in [0.05, 0.1) is 12.5 Å². The summed E-state index contributed by atoms with van der Waals surface area (Å²) >= 11 is 1.68. The number of aliphatic carboxylic acids is 1. The van der Waals surface area contributed by atoms with Gasteiger partial charge in [-0.25, -0.2) is 0 Å². The van der Waals surface area contributed by atoms with Gasteiger partial charge in [0, 0.05) is 36.1 Å². The molecule has 1 aromatic heterocycles. The number of carbonyl (C=O) groups is 2. The molecule has 8 heteroatoms. The Balaban J connectivity index is 1.77. The Kier molecular flexibility index (Phi) is 4.84. The highest BCUT2D eigenvalue weighted by atomic mass is 32.2. The molecule has 126 valence electrons. The lowest BCUT2D eigenvalue weighted by Gasteiger charge is -2.34. The number of hydrogen-bond donors (Lipinski definition) is 1. The van der Waals surface area contributed by atoms with Gasteiger partial charge in [0.2, 0.25) is 11.8 Å². The van der Waals surface area contributed by atoms with Crippen LogP contribution in [0.15, 0.2) is 28.7 Å². The van der Waals surface area contributed by atoms with Gasteiger partial charge >= 0.3 is 5.97 Å². The number of amides is 1. The Morgan fingerprint density at radius 1 is 1.33 bits per heavy atom. The second-order valence-corrected chi connectivity index (χ2v) is 6.68. The summed E-state index contributed by atoms with van der Waals surface area (Å²) in [5.74, 6) is 1.33. The molecule has 1 amide bonds. The first-order chi connectivity index (χ1) is 11.5. The summed E-state index contributed by atoms with van der Waals surface area (Å²) in [6.45, 7) is 2.28. The first kappa shape index (κ1) is 16.5. The maximum atomic E-state index is 12.7. The van der Waals surface area contributed by atoms with Crippen molar-refractivity contribution in [3.8, 4) is 11.5 Å². The molecule has 1 N–H and O–H groups in total. The normalized spacial score (nSPS) is 17.7. The summed E-state index contributed by atoms with van der Waals surface area (Å²) in [7, 11) is 0. The Hall–Kier alpha value is -2.35. The lowest BCUT2D eigenvalue weighted by atomic mass is 10.1. The molecule has 7 nitrogen and oxygen atoms in total. The molecular formula is C16H17N3O4S. The summed E-state index contributed by atoms with van der Waals surface area (Å²) < 4.78 is 5.36. The Bertz CT molecular complexity index is 744. The average molecular weight is 347 g/mol. The van der Waals surface area contributed by atoms with Crippen LogP contribution < -0.4 is 0 Å². The van der Waals surface area contributed by atoms with Gasteiger partial charge in [0.1, 0.15) is 0 Å². The average Bonchev–Trinajstić information content (AvgIpc) is 3.01. The van der Waals surface area contributed by atoms with Gasteiger partial charge in [-0.1, -0.05) is 0 Å². The van der Waals surface area contributed by atoms with Crippen LogP contribution in [-0.4, -0.2) is 56.2 Å². The maximum Gasteiger partial charge on any atom is 0.305 e. The van der Waals surface area contributed by atoms with Crippen LogP contribution in [0.25, 0.3) is 11.5 Å². The van der Waals surface area contributed by atoms with Crippen molar-refractivity contribution in [3.05, 3.63) is 35.7 Å². The summed E-state index contributed by atoms with van der Waals surface area (Å²) in [6, 6.07) is 6.65. The van der Waals surface area contributed by atoms with E-state index in [1.807, 2.05) is 0 Å². The molecule has 1 unspecified atom stereocenters. The van der Waals surface area contributed by atoms with E-state index in [4.69, 9.17) is 9.52 Å². The number of benzene rings is 1. The largest absolute Gasteiger partial charge is 0.481 e. The van der Waals surface area contributed by atoms with Crippen molar-refractivity contribution in [1.29, 1.82) is 0 Å². The van der Waals surface area contributed by atoms with E-state index < -0.39 is 5.97 Å². The number of nitrogens with zero attached hydrogens (tertiary/aromatic N) is 3. The summed E-state index contributed by atoms with van der Waals surface area (Å²) in [4.78, 5) is 25.4. The van der Waals surface area contributed by atoms with E-state index in [0.717, 1.165) is 11.3 Å². The van der Waals surface area contributed by atoms with E-state index in [1.54, 1.807) is 47.9 Å². The van der Waals surface area contributed by atoms with Crippen LogP contribution in [0.1, 0.15) is 22.7 Å². The molecule has 2 aromatic rings. The van der Waals surface area contributed by atoms with Crippen LogP contribution in [0.5, 0.6) is 0 Å². The minimum absolute atomic E-state index is 0.0297. The lowest BCUT2D eigenvalue weighted by Crippen LogP contribution is -2.47. The molecule has 1 atom stereocenters. The molecule has 1 aliphatic rings. The fourth-order valence-electron chi connectivity index (χ4n) is 2.63. The van der Waals surface area contributed by atoms with Crippen LogP contribution in [0, 0.1) is 6.92 Å². The number of aromatic nitrogens is 2. The van der Waals surface area contributed by atoms with E-state index in [9.17, 15) is 9.59 Å². The van der Waals surface area contributed by atoms with Gasteiger partial charge in [0.25, 0.3) is 5.91 Å². The molecule has 1 aliphatic heterocycles. The minimum Gasteiger partial charge on any atom is -0.481 e. The zero-order chi connectivity index (χ0) is 17.1. The Labute approximate surface area is 143 Å². The maximum absolute atomic E-state index is 12.7. The summed E-state index contributed by atoms with van der Waals surface area (Å²) in [6.07, 6.45) is -0.0297. The van der Waals surface area contributed by atoms with Gasteiger partial charge < -0.3 is 14.4 Å². The Morgan fingerprint density at radius 3 is 2.71 bits per heavy atom. The van der Waals surface area contributed by atoms with E-state index >= 15 is 0 Å². The van der Waals surface area contributed by atoms with E-state index in [-0.39, 0.29) is 18.4 Å². The zero-order valence-electron chi connectivity index (χ0n) is 13.1. The van der Waals surface area contributed by atoms with Gasteiger partial charge in [-0.15, -0.1) is 10.2 Å². The molecule has 3 rings (SSSR count). The SMILES string of the molecule is Cc1nnc(-c2ccc(C(=O)N3CCSCC3CC(=O)O)cc2)o1. The summed E-state index contributed by atoms with van der Waals surface area (Å²) in [5, 5.41) is 16.8. The standard InChI is InChI=1S/C16H17N3O4S/c1-10-17-18-15(23-10)11-2-4-12(5-3-11)16(22)19-6-7-24-9-13(19)8-14(20)21/h2-5,13H,6-9H2,1H3,(H,20,21). The predicted octanol–water partition coefficient (Wildman–Crippen LogP) is 2.08. The van der Waals surface area contributed by atoms with Crippen molar-refractivity contribution in [2.45, 2.75) is 19.4 Å². The second-order valence-electron chi connectivity index (χ2n) is 5.53. The van der Waals surface area contributed by atoms with Crippen LogP contribution in [0.2, 0.25) is 0 Å². The van der Waals surface area contributed by atoms with Gasteiger partial charge in [-0.3, -0.25) is 9.59 Å². The number of aryl methyl sites for hydroxylation is 1. The summed E-state index contributed by atoms with van der Waals surface area (Å²) in [5.41, 5.74) is 1.26. The topological polar surface area (TPSA) is 96.5 Å². The third kappa shape index (κ3) is 3.59. The number of thioether (sulfide) groups is 1. The number of hydrogen-bond acceptors (Lipinski definition) is 6. The van der Waals surface area contributed by atoms with Crippen molar-refractivity contribution in [2.24, 2.45) is 0 Å². The van der Waals surface area contributed by atoms with Crippen molar-refractivity contribution >= 4 is 23.6 Å². The highest BCUT2D eigenvalue weighted by Crippen LogP contribution is 2.23. The van der Waals surface area contributed by atoms with Crippen molar-refractivity contribution < 1.29 is 19.1 Å². The van der Waals surface area contributed by atoms with Crippen molar-refractivity contribution in [2.75, 3.05) is 18.1 Å². The zero-order valence-corrected chi connectivity index (χ0v) is 14.0. The van der Waals surface area contributed by atoms with E-state index in [0.29, 0.717) is 29.6 Å². The molecule has 1 fully saturated rings. The molecule has 1 aromatic carbocycles. The van der Waals surface area contributed by atoms with Crippen LogP contribution in [-0.2, 0) is 4.79 Å².